The van der Waals surface area contributed by atoms with Gasteiger partial charge in [-0.3, -0.25) is 14.3 Å². The molecule has 0 atom stereocenters. The van der Waals surface area contributed by atoms with E-state index in [0.717, 1.165) is 6.42 Å². The Balaban J connectivity index is 3.12. The smallest absolute Gasteiger partial charge is 0.272 e. The lowest BCUT2D eigenvalue weighted by Gasteiger charge is -1.98. The molecular weight excluding hydrogens is 208 g/mol. The fraction of sp³-hybridized carbons (Fsp3) is 0.500. The second-order valence-electron chi connectivity index (χ2n) is 3.31. The van der Waals surface area contributed by atoms with E-state index in [4.69, 9.17) is 0 Å². The number of hydrogen-bond acceptors (Lipinski definition) is 3. The van der Waals surface area contributed by atoms with E-state index in [0.29, 0.717) is 12.1 Å². The van der Waals surface area contributed by atoms with Crippen LogP contribution in [-0.2, 0) is 6.54 Å². The first-order valence-corrected chi connectivity index (χ1v) is 5.15. The topological polar surface area (TPSA) is 76.0 Å². The second-order valence-corrected chi connectivity index (χ2v) is 3.31. The molecule has 0 radical (unpaired) electrons. The molecule has 6 heteroatoms. The predicted molar refractivity (Wildman–Crippen MR) is 59.3 cm³/mol. The minimum atomic E-state index is -0.353. The zero-order chi connectivity index (χ0) is 12.1. The Hall–Kier alpha value is -1.85. The Kier molecular flexibility index (Phi) is 4.04. The lowest BCUT2D eigenvalue weighted by atomic mass is 10.2. The molecule has 88 valence electrons. The molecule has 0 bridgehead atoms. The van der Waals surface area contributed by atoms with Crippen LogP contribution in [0.15, 0.2) is 6.20 Å². The van der Waals surface area contributed by atoms with E-state index in [9.17, 15) is 9.59 Å². The highest BCUT2D eigenvalue weighted by Crippen LogP contribution is 2.07. The van der Waals surface area contributed by atoms with Gasteiger partial charge in [0, 0.05) is 26.8 Å². The summed E-state index contributed by atoms with van der Waals surface area (Å²) < 4.78 is 1.61. The van der Waals surface area contributed by atoms with Crippen molar-refractivity contribution in [3.8, 4) is 0 Å². The minimum Gasteiger partial charge on any atom is -0.355 e. The summed E-state index contributed by atoms with van der Waals surface area (Å²) in [7, 11) is 3.03. The number of nitrogens with one attached hydrogen (secondary N) is 2. The molecule has 2 amide bonds. The maximum absolute atomic E-state index is 11.5. The zero-order valence-corrected chi connectivity index (χ0v) is 9.70. The Labute approximate surface area is 94.0 Å². The highest BCUT2D eigenvalue weighted by Gasteiger charge is 2.20. The van der Waals surface area contributed by atoms with Gasteiger partial charge in [0.2, 0.25) is 0 Å². The average Bonchev–Trinajstić information content (AvgIpc) is 2.71. The summed E-state index contributed by atoms with van der Waals surface area (Å²) in [6, 6.07) is 0. The van der Waals surface area contributed by atoms with Gasteiger partial charge in [0.1, 0.15) is 0 Å². The summed E-state index contributed by atoms with van der Waals surface area (Å²) in [6.45, 7) is 2.68. The third-order valence-electron chi connectivity index (χ3n) is 2.13. The van der Waals surface area contributed by atoms with E-state index < -0.39 is 0 Å². The maximum atomic E-state index is 11.5. The predicted octanol–water partition coefficient (Wildman–Crippen LogP) is 0.0123. The number of rotatable bonds is 4. The number of carbonyl (C=O) groups excluding carboxylic acids is 2. The Morgan fingerprint density at radius 3 is 2.44 bits per heavy atom. The highest BCUT2D eigenvalue weighted by molar-refractivity contribution is 6.05. The number of hydrogen-bond donors (Lipinski definition) is 2. The SMILES string of the molecule is CCCn1cc(C(=O)NC)c(C(=O)NC)n1. The van der Waals surface area contributed by atoms with E-state index in [-0.39, 0.29) is 17.5 Å². The average molecular weight is 224 g/mol. The molecule has 0 fully saturated rings. The summed E-state index contributed by atoms with van der Waals surface area (Å²) in [4.78, 5) is 23.0. The zero-order valence-electron chi connectivity index (χ0n) is 9.70. The Bertz CT molecular complexity index is 364. The van der Waals surface area contributed by atoms with Gasteiger partial charge in [0.15, 0.2) is 5.69 Å². The standard InChI is InChI=1S/C10H16N4O2/c1-4-5-14-6-7(9(15)11-2)8(13-14)10(16)12-3/h6H,4-5H2,1-3H3,(H,11,15)(H,12,16). The van der Waals surface area contributed by atoms with Crippen molar-refractivity contribution in [2.75, 3.05) is 14.1 Å². The number of aryl methyl sites for hydroxylation is 1. The highest BCUT2D eigenvalue weighted by atomic mass is 16.2. The molecule has 0 saturated carbocycles. The first kappa shape index (κ1) is 12.2. The molecule has 1 rings (SSSR count). The molecule has 6 nitrogen and oxygen atoms in total. The van der Waals surface area contributed by atoms with Crippen LogP contribution in [0.3, 0.4) is 0 Å². The third-order valence-corrected chi connectivity index (χ3v) is 2.13. The van der Waals surface area contributed by atoms with Gasteiger partial charge in [-0.05, 0) is 6.42 Å². The first-order chi connectivity index (χ1) is 7.63. The van der Waals surface area contributed by atoms with E-state index >= 15 is 0 Å². The monoisotopic (exact) mass is 224 g/mol. The lowest BCUT2D eigenvalue weighted by molar-refractivity contribution is 0.0926. The second kappa shape index (κ2) is 5.29. The molecule has 0 unspecified atom stereocenters. The number of aromatic nitrogens is 2. The van der Waals surface area contributed by atoms with Crippen LogP contribution in [0, 0.1) is 0 Å². The van der Waals surface area contributed by atoms with Gasteiger partial charge in [-0.25, -0.2) is 0 Å². The van der Waals surface area contributed by atoms with Crippen molar-refractivity contribution in [3.05, 3.63) is 17.5 Å². The van der Waals surface area contributed by atoms with Crippen molar-refractivity contribution in [3.63, 3.8) is 0 Å². The number of nitrogens with zero attached hydrogens (tertiary/aromatic N) is 2. The fourth-order valence-electron chi connectivity index (χ4n) is 1.35. The summed E-state index contributed by atoms with van der Waals surface area (Å²) >= 11 is 0. The molecule has 0 aliphatic rings. The van der Waals surface area contributed by atoms with Gasteiger partial charge < -0.3 is 10.6 Å². The van der Waals surface area contributed by atoms with Gasteiger partial charge in [-0.1, -0.05) is 6.92 Å². The Morgan fingerprint density at radius 2 is 1.94 bits per heavy atom. The summed E-state index contributed by atoms with van der Waals surface area (Å²) in [6.07, 6.45) is 2.48. The normalized spacial score (nSPS) is 9.94. The lowest BCUT2D eigenvalue weighted by Crippen LogP contribution is -2.25. The van der Waals surface area contributed by atoms with Gasteiger partial charge in [-0.2, -0.15) is 5.10 Å². The molecule has 1 aromatic heterocycles. The summed E-state index contributed by atoms with van der Waals surface area (Å²) in [5.74, 6) is -0.658. The summed E-state index contributed by atoms with van der Waals surface area (Å²) in [5, 5.41) is 9.03. The number of carbonyl (C=O) groups is 2. The molecular formula is C10H16N4O2. The van der Waals surface area contributed by atoms with Crippen LogP contribution in [0.2, 0.25) is 0 Å². The van der Waals surface area contributed by atoms with E-state index in [1.807, 2.05) is 6.92 Å². The van der Waals surface area contributed by atoms with Crippen LogP contribution >= 0.6 is 0 Å². The quantitative estimate of drug-likeness (QED) is 0.756. The minimum absolute atomic E-state index is 0.162. The molecule has 0 aliphatic heterocycles. The van der Waals surface area contributed by atoms with Crippen LogP contribution in [-0.4, -0.2) is 35.7 Å². The van der Waals surface area contributed by atoms with Crippen LogP contribution in [0.1, 0.15) is 34.2 Å². The first-order valence-electron chi connectivity index (χ1n) is 5.15. The van der Waals surface area contributed by atoms with Crippen molar-refractivity contribution in [2.24, 2.45) is 0 Å². The molecule has 16 heavy (non-hydrogen) atoms. The molecule has 0 aromatic carbocycles. The van der Waals surface area contributed by atoms with Crippen LogP contribution in [0.5, 0.6) is 0 Å². The van der Waals surface area contributed by atoms with Crippen LogP contribution in [0.25, 0.3) is 0 Å². The van der Waals surface area contributed by atoms with E-state index in [1.165, 1.54) is 14.1 Å². The molecule has 1 heterocycles. The van der Waals surface area contributed by atoms with E-state index in [2.05, 4.69) is 15.7 Å². The van der Waals surface area contributed by atoms with Crippen molar-refractivity contribution in [1.82, 2.24) is 20.4 Å². The van der Waals surface area contributed by atoms with E-state index in [1.54, 1.807) is 10.9 Å². The van der Waals surface area contributed by atoms with Crippen LogP contribution < -0.4 is 10.6 Å². The summed E-state index contributed by atoms with van der Waals surface area (Å²) in [5.41, 5.74) is 0.464. The largest absolute Gasteiger partial charge is 0.355 e. The van der Waals surface area contributed by atoms with Crippen molar-refractivity contribution in [1.29, 1.82) is 0 Å². The van der Waals surface area contributed by atoms with Gasteiger partial charge in [0.05, 0.1) is 5.56 Å². The molecule has 0 aliphatic carbocycles. The molecule has 2 N–H and O–H groups in total. The van der Waals surface area contributed by atoms with Crippen molar-refractivity contribution in [2.45, 2.75) is 19.9 Å². The fourth-order valence-corrected chi connectivity index (χ4v) is 1.35. The van der Waals surface area contributed by atoms with Crippen molar-refractivity contribution < 1.29 is 9.59 Å². The molecule has 0 saturated heterocycles. The van der Waals surface area contributed by atoms with Gasteiger partial charge in [0.25, 0.3) is 11.8 Å². The van der Waals surface area contributed by atoms with Gasteiger partial charge in [-0.15, -0.1) is 0 Å². The van der Waals surface area contributed by atoms with Crippen LogP contribution in [0.4, 0.5) is 0 Å². The molecule has 1 aromatic rings. The van der Waals surface area contributed by atoms with Crippen molar-refractivity contribution >= 4 is 11.8 Å². The Morgan fingerprint density at radius 1 is 1.31 bits per heavy atom. The third kappa shape index (κ3) is 2.39. The van der Waals surface area contributed by atoms with Gasteiger partial charge >= 0.3 is 0 Å². The number of amides is 2. The maximum Gasteiger partial charge on any atom is 0.272 e. The molecule has 0 spiro atoms.